The fourth-order valence-corrected chi connectivity index (χ4v) is 4.41. The molecule has 0 radical (unpaired) electrons. The summed E-state index contributed by atoms with van der Waals surface area (Å²) in [5.74, 6) is 0. The lowest BCUT2D eigenvalue weighted by Crippen LogP contribution is -2.43. The fraction of sp³-hybridized carbons (Fsp3) is 0.571. The minimum Gasteiger partial charge on any atom is -0.399 e. The molecule has 0 saturated carbocycles. The molecule has 0 aliphatic carbocycles. The van der Waals surface area contributed by atoms with Gasteiger partial charge in [-0.25, -0.2) is 8.42 Å². The van der Waals surface area contributed by atoms with Gasteiger partial charge < -0.3 is 5.73 Å². The van der Waals surface area contributed by atoms with E-state index in [-0.39, 0.29) is 6.04 Å². The Morgan fingerprint density at radius 2 is 1.95 bits per heavy atom. The zero-order valence-corrected chi connectivity index (χ0v) is 12.2. The highest BCUT2D eigenvalue weighted by atomic mass is 32.2. The van der Waals surface area contributed by atoms with Gasteiger partial charge in [-0.05, 0) is 43.5 Å². The highest BCUT2D eigenvalue weighted by molar-refractivity contribution is 7.89. The van der Waals surface area contributed by atoms with Gasteiger partial charge in [0.1, 0.15) is 0 Å². The van der Waals surface area contributed by atoms with Gasteiger partial charge in [0.2, 0.25) is 10.0 Å². The van der Waals surface area contributed by atoms with Crippen molar-refractivity contribution in [1.82, 2.24) is 4.31 Å². The van der Waals surface area contributed by atoms with Crippen molar-refractivity contribution in [3.8, 4) is 0 Å². The molecule has 1 aromatic rings. The van der Waals surface area contributed by atoms with Gasteiger partial charge in [0, 0.05) is 18.3 Å². The van der Waals surface area contributed by atoms with Crippen LogP contribution in [0.1, 0.15) is 39.0 Å². The normalized spacial score (nSPS) is 21.4. The summed E-state index contributed by atoms with van der Waals surface area (Å²) in [6, 6.07) is 6.64. The lowest BCUT2D eigenvalue weighted by molar-refractivity contribution is 0.239. The first-order valence-electron chi connectivity index (χ1n) is 6.93. The molecular formula is C14H22N2O2S. The van der Waals surface area contributed by atoms with Crippen LogP contribution in [0.4, 0.5) is 5.69 Å². The molecule has 0 amide bonds. The Kier molecular flexibility index (Phi) is 4.47. The number of nitrogens with zero attached hydrogens (tertiary/aromatic N) is 1. The van der Waals surface area contributed by atoms with Crippen molar-refractivity contribution >= 4 is 15.7 Å². The lowest BCUT2D eigenvalue weighted by atomic mass is 10.0. The van der Waals surface area contributed by atoms with Gasteiger partial charge in [-0.2, -0.15) is 4.31 Å². The molecule has 1 heterocycles. The number of anilines is 1. The molecule has 1 saturated heterocycles. The topological polar surface area (TPSA) is 63.4 Å². The highest BCUT2D eigenvalue weighted by Gasteiger charge is 2.32. The second kappa shape index (κ2) is 5.92. The molecule has 0 aromatic heterocycles. The average Bonchev–Trinajstić information content (AvgIpc) is 2.40. The highest BCUT2D eigenvalue weighted by Crippen LogP contribution is 2.27. The predicted octanol–water partition coefficient (Wildman–Crippen LogP) is 2.61. The summed E-state index contributed by atoms with van der Waals surface area (Å²) in [6.07, 6.45) is 5.00. The SMILES string of the molecule is CCCC1CCCCN1S(=O)(=O)c1ccc(N)cc1. The Morgan fingerprint density at radius 1 is 1.26 bits per heavy atom. The minimum atomic E-state index is -3.37. The molecule has 1 fully saturated rings. The summed E-state index contributed by atoms with van der Waals surface area (Å²) < 4.78 is 27.0. The Hall–Kier alpha value is -1.07. The molecule has 0 bridgehead atoms. The van der Waals surface area contributed by atoms with Crippen LogP contribution in [0.2, 0.25) is 0 Å². The number of piperidine rings is 1. The number of nitrogen functional groups attached to an aromatic ring is 1. The van der Waals surface area contributed by atoms with Gasteiger partial charge in [0.25, 0.3) is 0 Å². The Morgan fingerprint density at radius 3 is 2.58 bits per heavy atom. The summed E-state index contributed by atoms with van der Waals surface area (Å²) in [5.41, 5.74) is 6.20. The van der Waals surface area contributed by atoms with E-state index in [9.17, 15) is 8.42 Å². The standard InChI is InChI=1S/C14H22N2O2S/c1-2-5-13-6-3-4-11-16(13)19(17,18)14-9-7-12(15)8-10-14/h7-10,13H,2-6,11,15H2,1H3. The van der Waals surface area contributed by atoms with E-state index in [2.05, 4.69) is 6.92 Å². The molecule has 1 atom stereocenters. The molecule has 1 unspecified atom stereocenters. The van der Waals surface area contributed by atoms with Crippen molar-refractivity contribution in [1.29, 1.82) is 0 Å². The molecular weight excluding hydrogens is 260 g/mol. The average molecular weight is 282 g/mol. The Labute approximate surface area is 115 Å². The summed E-state index contributed by atoms with van der Waals surface area (Å²) in [7, 11) is -3.37. The molecule has 0 spiro atoms. The number of benzene rings is 1. The van der Waals surface area contributed by atoms with Crippen LogP contribution in [0.25, 0.3) is 0 Å². The van der Waals surface area contributed by atoms with Gasteiger partial charge in [0.15, 0.2) is 0 Å². The summed E-state index contributed by atoms with van der Waals surface area (Å²) in [6.45, 7) is 2.74. The fourth-order valence-electron chi connectivity index (χ4n) is 2.69. The van der Waals surface area contributed by atoms with Gasteiger partial charge in [0.05, 0.1) is 4.90 Å². The van der Waals surface area contributed by atoms with Crippen molar-refractivity contribution in [2.45, 2.75) is 50.0 Å². The predicted molar refractivity (Wildman–Crippen MR) is 77.3 cm³/mol. The zero-order chi connectivity index (χ0) is 13.9. The maximum atomic E-state index is 12.7. The zero-order valence-electron chi connectivity index (χ0n) is 11.4. The largest absolute Gasteiger partial charge is 0.399 e. The van der Waals surface area contributed by atoms with Gasteiger partial charge >= 0.3 is 0 Å². The monoisotopic (exact) mass is 282 g/mol. The molecule has 1 aliphatic heterocycles. The van der Waals surface area contributed by atoms with Crippen LogP contribution in [-0.2, 0) is 10.0 Å². The van der Waals surface area contributed by atoms with Crippen molar-refractivity contribution < 1.29 is 8.42 Å². The number of rotatable bonds is 4. The quantitative estimate of drug-likeness (QED) is 0.863. The third-order valence-electron chi connectivity index (χ3n) is 3.68. The molecule has 2 rings (SSSR count). The van der Waals surface area contributed by atoms with Crippen LogP contribution in [0.3, 0.4) is 0 Å². The molecule has 1 aromatic carbocycles. The minimum absolute atomic E-state index is 0.154. The van der Waals surface area contributed by atoms with Crippen molar-refractivity contribution in [2.75, 3.05) is 12.3 Å². The summed E-state index contributed by atoms with van der Waals surface area (Å²) in [4.78, 5) is 0.352. The number of sulfonamides is 1. The van der Waals surface area contributed by atoms with Crippen molar-refractivity contribution in [3.05, 3.63) is 24.3 Å². The number of hydrogen-bond donors (Lipinski definition) is 1. The Bertz CT molecular complexity index is 509. The van der Waals surface area contributed by atoms with E-state index in [1.807, 2.05) is 0 Å². The molecule has 1 aliphatic rings. The molecule has 4 nitrogen and oxygen atoms in total. The van der Waals surface area contributed by atoms with Crippen molar-refractivity contribution in [3.63, 3.8) is 0 Å². The van der Waals surface area contributed by atoms with E-state index in [4.69, 9.17) is 5.73 Å². The van der Waals surface area contributed by atoms with Crippen LogP contribution >= 0.6 is 0 Å². The molecule has 106 valence electrons. The third kappa shape index (κ3) is 3.09. The van der Waals surface area contributed by atoms with Gasteiger partial charge in [-0.15, -0.1) is 0 Å². The lowest BCUT2D eigenvalue weighted by Gasteiger charge is -2.34. The van der Waals surface area contributed by atoms with E-state index < -0.39 is 10.0 Å². The first kappa shape index (κ1) is 14.3. The smallest absolute Gasteiger partial charge is 0.243 e. The number of hydrogen-bond acceptors (Lipinski definition) is 3. The maximum absolute atomic E-state index is 12.7. The van der Waals surface area contributed by atoms with E-state index in [0.29, 0.717) is 17.1 Å². The molecule has 5 heteroatoms. The Balaban J connectivity index is 2.28. The van der Waals surface area contributed by atoms with E-state index in [1.54, 1.807) is 28.6 Å². The van der Waals surface area contributed by atoms with Crippen LogP contribution in [0, 0.1) is 0 Å². The summed E-state index contributed by atoms with van der Waals surface area (Å²) in [5, 5.41) is 0. The van der Waals surface area contributed by atoms with Crippen molar-refractivity contribution in [2.24, 2.45) is 0 Å². The van der Waals surface area contributed by atoms with Gasteiger partial charge in [-0.3, -0.25) is 0 Å². The van der Waals surface area contributed by atoms with E-state index in [0.717, 1.165) is 32.1 Å². The summed E-state index contributed by atoms with van der Waals surface area (Å²) >= 11 is 0. The van der Waals surface area contributed by atoms with Crippen LogP contribution in [0.15, 0.2) is 29.2 Å². The number of nitrogens with two attached hydrogens (primary N) is 1. The first-order chi connectivity index (χ1) is 9.05. The molecule has 19 heavy (non-hydrogen) atoms. The first-order valence-corrected chi connectivity index (χ1v) is 8.37. The maximum Gasteiger partial charge on any atom is 0.243 e. The third-order valence-corrected chi connectivity index (χ3v) is 5.65. The van der Waals surface area contributed by atoms with E-state index in [1.165, 1.54) is 0 Å². The molecule has 2 N–H and O–H groups in total. The van der Waals surface area contributed by atoms with Gasteiger partial charge in [-0.1, -0.05) is 19.8 Å². The second-order valence-electron chi connectivity index (χ2n) is 5.12. The second-order valence-corrected chi connectivity index (χ2v) is 7.01. The van der Waals surface area contributed by atoms with E-state index >= 15 is 0 Å². The van der Waals surface area contributed by atoms with Crippen LogP contribution in [-0.4, -0.2) is 25.3 Å². The van der Waals surface area contributed by atoms with Crippen LogP contribution < -0.4 is 5.73 Å². The van der Waals surface area contributed by atoms with Crippen LogP contribution in [0.5, 0.6) is 0 Å².